The Hall–Kier alpha value is -2.07. The van der Waals surface area contributed by atoms with Gasteiger partial charge in [0.15, 0.2) is 11.5 Å². The van der Waals surface area contributed by atoms with Crippen molar-refractivity contribution in [2.45, 2.75) is 38.9 Å². The standard InChI is InChI=1S/C19H22FNO2/c1-13(3-4-14-5-8-18(22)19(9-14)23-2)21-11-15-6-7-17(20)10-16(15)12-21/h5-10,13,22H,3-4,11-12H2,1-2H3. The van der Waals surface area contributed by atoms with Crippen LogP contribution in [0.3, 0.4) is 0 Å². The van der Waals surface area contributed by atoms with Gasteiger partial charge < -0.3 is 9.84 Å². The number of methoxy groups -OCH3 is 1. The average molecular weight is 315 g/mol. The molecule has 0 aliphatic carbocycles. The minimum atomic E-state index is -0.158. The first-order chi connectivity index (χ1) is 11.1. The summed E-state index contributed by atoms with van der Waals surface area (Å²) in [4.78, 5) is 2.38. The number of halogens is 1. The molecule has 2 aromatic rings. The Kier molecular flexibility index (Phi) is 4.53. The third-order valence-corrected chi connectivity index (χ3v) is 4.63. The van der Waals surface area contributed by atoms with E-state index in [9.17, 15) is 9.50 Å². The van der Waals surface area contributed by atoms with Gasteiger partial charge in [-0.15, -0.1) is 0 Å². The fourth-order valence-electron chi connectivity index (χ4n) is 3.14. The van der Waals surface area contributed by atoms with E-state index in [1.165, 1.54) is 11.6 Å². The molecule has 0 spiro atoms. The molecule has 0 aromatic heterocycles. The van der Waals surface area contributed by atoms with Crippen molar-refractivity contribution in [1.82, 2.24) is 4.90 Å². The number of phenols is 1. The largest absolute Gasteiger partial charge is 0.504 e. The van der Waals surface area contributed by atoms with Gasteiger partial charge in [0.05, 0.1) is 7.11 Å². The second kappa shape index (κ2) is 6.59. The first-order valence-corrected chi connectivity index (χ1v) is 7.94. The summed E-state index contributed by atoms with van der Waals surface area (Å²) < 4.78 is 18.5. The van der Waals surface area contributed by atoms with Crippen LogP contribution in [0, 0.1) is 5.82 Å². The molecular formula is C19H22FNO2. The predicted octanol–water partition coefficient (Wildman–Crippen LogP) is 3.88. The number of aryl methyl sites for hydroxylation is 1. The normalized spacial score (nSPS) is 15.4. The third kappa shape index (κ3) is 3.48. The quantitative estimate of drug-likeness (QED) is 0.909. The van der Waals surface area contributed by atoms with Crippen molar-refractivity contribution in [2.24, 2.45) is 0 Å². The van der Waals surface area contributed by atoms with Crippen LogP contribution < -0.4 is 4.74 Å². The number of phenolic OH excluding ortho intramolecular Hbond substituents is 1. The molecule has 1 heterocycles. The summed E-state index contributed by atoms with van der Waals surface area (Å²) in [6, 6.07) is 11.0. The zero-order valence-electron chi connectivity index (χ0n) is 13.6. The van der Waals surface area contributed by atoms with Crippen LogP contribution in [0.25, 0.3) is 0 Å². The van der Waals surface area contributed by atoms with Crippen LogP contribution in [0.15, 0.2) is 36.4 Å². The van der Waals surface area contributed by atoms with Gasteiger partial charge >= 0.3 is 0 Å². The molecule has 1 aliphatic heterocycles. The number of nitrogens with zero attached hydrogens (tertiary/aromatic N) is 1. The van der Waals surface area contributed by atoms with E-state index in [0.717, 1.165) is 37.1 Å². The van der Waals surface area contributed by atoms with Gasteiger partial charge in [0.2, 0.25) is 0 Å². The van der Waals surface area contributed by atoms with E-state index in [4.69, 9.17) is 4.74 Å². The van der Waals surface area contributed by atoms with Crippen molar-refractivity contribution in [2.75, 3.05) is 7.11 Å². The fourth-order valence-corrected chi connectivity index (χ4v) is 3.14. The Morgan fingerprint density at radius 1 is 1.17 bits per heavy atom. The van der Waals surface area contributed by atoms with Gasteiger partial charge in [0.25, 0.3) is 0 Å². The predicted molar refractivity (Wildman–Crippen MR) is 88.1 cm³/mol. The molecule has 3 nitrogen and oxygen atoms in total. The molecule has 23 heavy (non-hydrogen) atoms. The van der Waals surface area contributed by atoms with Crippen molar-refractivity contribution in [3.63, 3.8) is 0 Å². The zero-order chi connectivity index (χ0) is 16.4. The lowest BCUT2D eigenvalue weighted by Gasteiger charge is -2.23. The van der Waals surface area contributed by atoms with Gasteiger partial charge in [-0.3, -0.25) is 4.90 Å². The van der Waals surface area contributed by atoms with Crippen molar-refractivity contribution in [1.29, 1.82) is 0 Å². The Morgan fingerprint density at radius 3 is 2.74 bits per heavy atom. The summed E-state index contributed by atoms with van der Waals surface area (Å²) in [6.07, 6.45) is 1.92. The van der Waals surface area contributed by atoms with E-state index < -0.39 is 0 Å². The molecule has 1 N–H and O–H groups in total. The summed E-state index contributed by atoms with van der Waals surface area (Å²) in [5, 5.41) is 9.64. The summed E-state index contributed by atoms with van der Waals surface area (Å²) in [5.41, 5.74) is 3.47. The lowest BCUT2D eigenvalue weighted by Crippen LogP contribution is -2.28. The van der Waals surface area contributed by atoms with Crippen LogP contribution in [-0.4, -0.2) is 23.2 Å². The molecule has 3 rings (SSSR count). The minimum Gasteiger partial charge on any atom is -0.504 e. The molecule has 1 atom stereocenters. The maximum Gasteiger partial charge on any atom is 0.160 e. The monoisotopic (exact) mass is 315 g/mol. The van der Waals surface area contributed by atoms with Crippen LogP contribution in [0.5, 0.6) is 11.5 Å². The SMILES string of the molecule is COc1cc(CCC(C)N2Cc3ccc(F)cc3C2)ccc1O. The number of ether oxygens (including phenoxy) is 1. The van der Waals surface area contributed by atoms with Crippen molar-refractivity contribution in [3.8, 4) is 11.5 Å². The highest BCUT2D eigenvalue weighted by molar-refractivity contribution is 5.41. The first kappa shape index (κ1) is 15.8. The van der Waals surface area contributed by atoms with Gasteiger partial charge in [-0.05, 0) is 60.7 Å². The molecule has 0 fully saturated rings. The molecule has 122 valence electrons. The van der Waals surface area contributed by atoms with Crippen LogP contribution in [0.1, 0.15) is 30.0 Å². The maximum atomic E-state index is 13.3. The van der Waals surface area contributed by atoms with E-state index in [0.29, 0.717) is 11.8 Å². The number of benzene rings is 2. The molecule has 0 saturated carbocycles. The van der Waals surface area contributed by atoms with Crippen LogP contribution >= 0.6 is 0 Å². The zero-order valence-corrected chi connectivity index (χ0v) is 13.6. The van der Waals surface area contributed by atoms with Crippen LogP contribution in [0.4, 0.5) is 4.39 Å². The second-order valence-electron chi connectivity index (χ2n) is 6.21. The van der Waals surface area contributed by atoms with Crippen molar-refractivity contribution in [3.05, 3.63) is 58.9 Å². The number of rotatable bonds is 5. The van der Waals surface area contributed by atoms with Crippen molar-refractivity contribution >= 4 is 0 Å². The third-order valence-electron chi connectivity index (χ3n) is 4.63. The maximum absolute atomic E-state index is 13.3. The van der Waals surface area contributed by atoms with E-state index in [1.54, 1.807) is 19.2 Å². The highest BCUT2D eigenvalue weighted by Crippen LogP contribution is 2.29. The number of hydrogen-bond acceptors (Lipinski definition) is 3. The Balaban J connectivity index is 1.59. The van der Waals surface area contributed by atoms with Gasteiger partial charge in [-0.2, -0.15) is 0 Å². The Morgan fingerprint density at radius 2 is 1.96 bits per heavy atom. The fraction of sp³-hybridized carbons (Fsp3) is 0.368. The van der Waals surface area contributed by atoms with E-state index >= 15 is 0 Å². The van der Waals surface area contributed by atoms with Gasteiger partial charge in [0.1, 0.15) is 5.82 Å². The first-order valence-electron chi connectivity index (χ1n) is 7.94. The Labute approximate surface area is 136 Å². The average Bonchev–Trinajstić information content (AvgIpc) is 2.97. The molecule has 1 unspecified atom stereocenters. The van der Waals surface area contributed by atoms with Crippen LogP contribution in [-0.2, 0) is 19.5 Å². The molecule has 4 heteroatoms. The van der Waals surface area contributed by atoms with Gasteiger partial charge in [0, 0.05) is 19.1 Å². The molecule has 0 amide bonds. The van der Waals surface area contributed by atoms with E-state index in [2.05, 4.69) is 11.8 Å². The van der Waals surface area contributed by atoms with E-state index in [1.807, 2.05) is 18.2 Å². The number of hydrogen-bond donors (Lipinski definition) is 1. The van der Waals surface area contributed by atoms with Gasteiger partial charge in [-0.1, -0.05) is 12.1 Å². The summed E-state index contributed by atoms with van der Waals surface area (Å²) in [6.45, 7) is 3.91. The minimum absolute atomic E-state index is 0.158. The highest BCUT2D eigenvalue weighted by Gasteiger charge is 2.23. The molecule has 2 aromatic carbocycles. The van der Waals surface area contributed by atoms with E-state index in [-0.39, 0.29) is 11.6 Å². The highest BCUT2D eigenvalue weighted by atomic mass is 19.1. The smallest absolute Gasteiger partial charge is 0.160 e. The van der Waals surface area contributed by atoms with Crippen LogP contribution in [0.2, 0.25) is 0 Å². The molecular weight excluding hydrogens is 293 g/mol. The molecule has 1 aliphatic rings. The van der Waals surface area contributed by atoms with Crippen molar-refractivity contribution < 1.29 is 14.2 Å². The topological polar surface area (TPSA) is 32.7 Å². The molecule has 0 bridgehead atoms. The number of fused-ring (bicyclic) bond motifs is 1. The lowest BCUT2D eigenvalue weighted by atomic mass is 10.0. The lowest BCUT2D eigenvalue weighted by molar-refractivity contribution is 0.203. The molecule has 0 radical (unpaired) electrons. The second-order valence-corrected chi connectivity index (χ2v) is 6.21. The molecule has 0 saturated heterocycles. The van der Waals surface area contributed by atoms with Gasteiger partial charge in [-0.25, -0.2) is 4.39 Å². The summed E-state index contributed by atoms with van der Waals surface area (Å²) in [7, 11) is 1.56. The summed E-state index contributed by atoms with van der Waals surface area (Å²) >= 11 is 0. The summed E-state index contributed by atoms with van der Waals surface area (Å²) in [5.74, 6) is 0.523. The Bertz CT molecular complexity index is 702. The number of aromatic hydroxyl groups is 1.